The molecule has 0 rings (SSSR count). The van der Waals surface area contributed by atoms with Gasteiger partial charge in [-0.25, -0.2) is 0 Å². The van der Waals surface area contributed by atoms with Crippen LogP contribution in [-0.2, 0) is 0 Å². The number of nitrogens with two attached hydrogens (primary N) is 1. The second-order valence-electron chi connectivity index (χ2n) is 4.15. The molecule has 0 amide bonds. The molecule has 0 aromatic rings. The average Bonchev–Trinajstić information content (AvgIpc) is 2.00. The Labute approximate surface area is 82.0 Å². The SMILES string of the molecule is CC(CCN(C)C)N=C(N)C(C)C. The highest BCUT2D eigenvalue weighted by Crippen LogP contribution is 2.00. The summed E-state index contributed by atoms with van der Waals surface area (Å²) in [5, 5.41) is 0. The summed E-state index contributed by atoms with van der Waals surface area (Å²) in [6.07, 6.45) is 1.07. The minimum Gasteiger partial charge on any atom is -0.387 e. The van der Waals surface area contributed by atoms with Gasteiger partial charge in [0.05, 0.1) is 11.9 Å². The molecule has 1 unspecified atom stereocenters. The molecule has 0 spiro atoms. The van der Waals surface area contributed by atoms with Gasteiger partial charge in [0.1, 0.15) is 0 Å². The number of rotatable bonds is 5. The third-order valence-electron chi connectivity index (χ3n) is 1.96. The van der Waals surface area contributed by atoms with Gasteiger partial charge in [-0.15, -0.1) is 0 Å². The van der Waals surface area contributed by atoms with Gasteiger partial charge >= 0.3 is 0 Å². The molecule has 0 radical (unpaired) electrons. The molecule has 13 heavy (non-hydrogen) atoms. The van der Waals surface area contributed by atoms with Crippen molar-refractivity contribution in [1.82, 2.24) is 4.90 Å². The fourth-order valence-electron chi connectivity index (χ4n) is 0.913. The van der Waals surface area contributed by atoms with Crippen LogP contribution in [0.25, 0.3) is 0 Å². The minimum atomic E-state index is 0.338. The van der Waals surface area contributed by atoms with E-state index in [-0.39, 0.29) is 0 Å². The molecule has 0 aliphatic rings. The van der Waals surface area contributed by atoms with Crippen molar-refractivity contribution in [3.63, 3.8) is 0 Å². The first kappa shape index (κ1) is 12.4. The maximum absolute atomic E-state index is 5.76. The Balaban J connectivity index is 3.85. The number of aliphatic imine (C=N–C) groups is 1. The van der Waals surface area contributed by atoms with E-state index < -0.39 is 0 Å². The standard InChI is InChI=1S/C10H23N3/c1-8(2)10(11)12-9(3)6-7-13(4)5/h8-9H,6-7H2,1-5H3,(H2,11,12). The molecule has 3 heteroatoms. The molecule has 0 aliphatic heterocycles. The number of hydrogen-bond acceptors (Lipinski definition) is 2. The third kappa shape index (κ3) is 6.58. The van der Waals surface area contributed by atoms with Crippen LogP contribution >= 0.6 is 0 Å². The molecule has 0 aliphatic carbocycles. The van der Waals surface area contributed by atoms with Gasteiger partial charge in [-0.05, 0) is 34.0 Å². The number of nitrogens with zero attached hydrogens (tertiary/aromatic N) is 2. The van der Waals surface area contributed by atoms with Crippen molar-refractivity contribution < 1.29 is 0 Å². The lowest BCUT2D eigenvalue weighted by atomic mass is 10.2. The number of amidine groups is 1. The Morgan fingerprint density at radius 1 is 1.31 bits per heavy atom. The fourth-order valence-corrected chi connectivity index (χ4v) is 0.913. The topological polar surface area (TPSA) is 41.6 Å². The Morgan fingerprint density at radius 2 is 1.85 bits per heavy atom. The lowest BCUT2D eigenvalue weighted by Crippen LogP contribution is -2.23. The van der Waals surface area contributed by atoms with Crippen LogP contribution in [0.3, 0.4) is 0 Å². The Morgan fingerprint density at radius 3 is 2.23 bits per heavy atom. The fraction of sp³-hybridized carbons (Fsp3) is 0.900. The summed E-state index contributed by atoms with van der Waals surface area (Å²) in [6.45, 7) is 7.31. The van der Waals surface area contributed by atoms with E-state index >= 15 is 0 Å². The van der Waals surface area contributed by atoms with Gasteiger partial charge in [-0.3, -0.25) is 4.99 Å². The van der Waals surface area contributed by atoms with Gasteiger partial charge in [-0.2, -0.15) is 0 Å². The predicted molar refractivity (Wildman–Crippen MR) is 59.1 cm³/mol. The quantitative estimate of drug-likeness (QED) is 0.519. The molecule has 0 bridgehead atoms. The van der Waals surface area contributed by atoms with E-state index in [1.165, 1.54) is 0 Å². The van der Waals surface area contributed by atoms with E-state index in [1.807, 2.05) is 0 Å². The van der Waals surface area contributed by atoms with Crippen LogP contribution in [0.4, 0.5) is 0 Å². The van der Waals surface area contributed by atoms with Gasteiger partial charge < -0.3 is 10.6 Å². The molecular formula is C10H23N3. The van der Waals surface area contributed by atoms with E-state index in [0.717, 1.165) is 18.8 Å². The summed E-state index contributed by atoms with van der Waals surface area (Å²) < 4.78 is 0. The minimum absolute atomic E-state index is 0.338. The molecule has 0 saturated heterocycles. The molecule has 0 fully saturated rings. The third-order valence-corrected chi connectivity index (χ3v) is 1.96. The second kappa shape index (κ2) is 5.97. The summed E-state index contributed by atoms with van der Waals surface area (Å²) in [7, 11) is 4.14. The van der Waals surface area contributed by atoms with Crippen molar-refractivity contribution in [1.29, 1.82) is 0 Å². The first-order valence-electron chi connectivity index (χ1n) is 4.91. The van der Waals surface area contributed by atoms with E-state index in [1.54, 1.807) is 0 Å². The molecule has 3 nitrogen and oxygen atoms in total. The molecular weight excluding hydrogens is 162 g/mol. The largest absolute Gasteiger partial charge is 0.387 e. The summed E-state index contributed by atoms with van der Waals surface area (Å²) in [6, 6.07) is 0.338. The van der Waals surface area contributed by atoms with Crippen LogP contribution in [0.15, 0.2) is 4.99 Å². The van der Waals surface area contributed by atoms with Crippen molar-refractivity contribution in [2.75, 3.05) is 20.6 Å². The van der Waals surface area contributed by atoms with E-state index in [0.29, 0.717) is 12.0 Å². The molecule has 0 aromatic heterocycles. The smallest absolute Gasteiger partial charge is 0.0966 e. The van der Waals surface area contributed by atoms with Gasteiger partial charge in [-0.1, -0.05) is 13.8 Å². The average molecular weight is 185 g/mol. The van der Waals surface area contributed by atoms with Crippen molar-refractivity contribution in [3.8, 4) is 0 Å². The van der Waals surface area contributed by atoms with E-state index in [2.05, 4.69) is 44.8 Å². The Hall–Kier alpha value is -0.570. The van der Waals surface area contributed by atoms with Crippen molar-refractivity contribution in [3.05, 3.63) is 0 Å². The van der Waals surface area contributed by atoms with Gasteiger partial charge in [0.15, 0.2) is 0 Å². The van der Waals surface area contributed by atoms with Crippen LogP contribution in [0, 0.1) is 5.92 Å². The monoisotopic (exact) mass is 185 g/mol. The van der Waals surface area contributed by atoms with Gasteiger partial charge in [0.25, 0.3) is 0 Å². The molecule has 0 saturated carbocycles. The lowest BCUT2D eigenvalue weighted by Gasteiger charge is -2.13. The Bertz CT molecular complexity index is 162. The highest BCUT2D eigenvalue weighted by atomic mass is 15.1. The molecule has 2 N–H and O–H groups in total. The number of hydrogen-bond donors (Lipinski definition) is 1. The van der Waals surface area contributed by atoms with E-state index in [9.17, 15) is 0 Å². The highest BCUT2D eigenvalue weighted by Gasteiger charge is 2.03. The molecule has 0 aromatic carbocycles. The van der Waals surface area contributed by atoms with Crippen molar-refractivity contribution in [2.24, 2.45) is 16.6 Å². The van der Waals surface area contributed by atoms with Gasteiger partial charge in [0.2, 0.25) is 0 Å². The normalized spacial score (nSPS) is 15.5. The zero-order chi connectivity index (χ0) is 10.4. The van der Waals surface area contributed by atoms with E-state index in [4.69, 9.17) is 5.73 Å². The van der Waals surface area contributed by atoms with Crippen LogP contribution < -0.4 is 5.73 Å². The zero-order valence-corrected chi connectivity index (χ0v) is 9.54. The predicted octanol–water partition coefficient (Wildman–Crippen LogP) is 1.34. The maximum Gasteiger partial charge on any atom is 0.0966 e. The Kier molecular flexibility index (Phi) is 5.71. The summed E-state index contributed by atoms with van der Waals surface area (Å²) in [4.78, 5) is 6.58. The van der Waals surface area contributed by atoms with Crippen molar-refractivity contribution >= 4 is 5.84 Å². The highest BCUT2D eigenvalue weighted by molar-refractivity contribution is 5.82. The molecule has 1 atom stereocenters. The first-order chi connectivity index (χ1) is 5.93. The maximum atomic E-state index is 5.76. The van der Waals surface area contributed by atoms with Crippen molar-refractivity contribution in [2.45, 2.75) is 33.2 Å². The second-order valence-corrected chi connectivity index (χ2v) is 4.15. The van der Waals surface area contributed by atoms with Crippen LogP contribution in [0.2, 0.25) is 0 Å². The zero-order valence-electron chi connectivity index (χ0n) is 9.54. The van der Waals surface area contributed by atoms with Crippen LogP contribution in [0.5, 0.6) is 0 Å². The molecule has 78 valence electrons. The van der Waals surface area contributed by atoms with Gasteiger partial charge in [0, 0.05) is 5.92 Å². The summed E-state index contributed by atoms with van der Waals surface area (Å²) >= 11 is 0. The van der Waals surface area contributed by atoms with Crippen LogP contribution in [-0.4, -0.2) is 37.4 Å². The van der Waals surface area contributed by atoms with Crippen LogP contribution in [0.1, 0.15) is 27.2 Å². The first-order valence-corrected chi connectivity index (χ1v) is 4.91. The summed E-state index contributed by atoms with van der Waals surface area (Å²) in [5.74, 6) is 1.13. The summed E-state index contributed by atoms with van der Waals surface area (Å²) in [5.41, 5.74) is 5.76. The molecule has 0 heterocycles. The lowest BCUT2D eigenvalue weighted by molar-refractivity contribution is 0.386.